The van der Waals surface area contributed by atoms with Gasteiger partial charge in [-0.3, -0.25) is 9.59 Å². The third kappa shape index (κ3) is 7.77. The smallest absolute Gasteiger partial charge is 0.166 e. The van der Waals surface area contributed by atoms with Crippen LogP contribution in [0.2, 0.25) is 33.2 Å². The first-order valence-corrected chi connectivity index (χ1v) is 29.8. The highest BCUT2D eigenvalue weighted by molar-refractivity contribution is 6.91. The summed E-state index contributed by atoms with van der Waals surface area (Å²) >= 11 is 0. The van der Waals surface area contributed by atoms with Gasteiger partial charge in [-0.15, -0.1) is 11.1 Å². The van der Waals surface area contributed by atoms with Crippen LogP contribution in [0.4, 0.5) is 0 Å². The lowest BCUT2D eigenvalue weighted by Gasteiger charge is -2.38. The molecule has 352 valence electrons. The number of carbonyl (C=O) groups excluding carboxylic acids is 2. The molecule has 6 heteroatoms. The van der Waals surface area contributed by atoms with E-state index in [4.69, 9.17) is 0 Å². The SMILES string of the molecule is CC(C)[Si](C#Cc1cc2ccc3cccc4ccc(c1-n1cccc1C=O)c2c34)(C(C)C)C(C)C.CC(C)[Si](C#Cc1cc2ccc3cccc4ccc(c1-n1cccc1C=O)c2c34)(C(C)C)C(C)C. The number of aldehydes is 2. The van der Waals surface area contributed by atoms with Gasteiger partial charge in [0.2, 0.25) is 0 Å². The molecule has 0 aliphatic heterocycles. The van der Waals surface area contributed by atoms with Gasteiger partial charge in [-0.25, -0.2) is 0 Å². The second-order valence-electron chi connectivity index (χ2n) is 21.4. The molecule has 8 aromatic carbocycles. The molecule has 0 bridgehead atoms. The lowest BCUT2D eigenvalue weighted by Crippen LogP contribution is -2.43. The lowest BCUT2D eigenvalue weighted by atomic mass is 9.91. The summed E-state index contributed by atoms with van der Waals surface area (Å²) in [6.07, 6.45) is 5.84. The van der Waals surface area contributed by atoms with Gasteiger partial charge in [-0.2, -0.15) is 0 Å². The molecule has 70 heavy (non-hydrogen) atoms. The molecule has 2 heterocycles. The summed E-state index contributed by atoms with van der Waals surface area (Å²) in [7, 11) is -3.85. The van der Waals surface area contributed by atoms with Gasteiger partial charge in [-0.1, -0.05) is 180 Å². The fourth-order valence-electron chi connectivity index (χ4n) is 12.9. The number of hydrogen-bond donors (Lipinski definition) is 0. The number of aromatic nitrogens is 2. The van der Waals surface area contributed by atoms with Gasteiger partial charge in [0.05, 0.1) is 22.8 Å². The summed E-state index contributed by atoms with van der Waals surface area (Å²) in [5.74, 6) is 7.43. The van der Waals surface area contributed by atoms with Crippen LogP contribution in [-0.2, 0) is 0 Å². The molecule has 2 aromatic heterocycles. The van der Waals surface area contributed by atoms with Gasteiger partial charge in [0.25, 0.3) is 0 Å². The van der Waals surface area contributed by atoms with E-state index in [0.29, 0.717) is 44.6 Å². The van der Waals surface area contributed by atoms with E-state index in [0.717, 1.165) is 45.8 Å². The lowest BCUT2D eigenvalue weighted by molar-refractivity contribution is 0.111. The average molecular weight is 951 g/mol. The molecule has 0 spiro atoms. The van der Waals surface area contributed by atoms with Gasteiger partial charge in [0, 0.05) is 34.3 Å². The molecule has 10 rings (SSSR count). The average Bonchev–Trinajstić information content (AvgIpc) is 4.02. The van der Waals surface area contributed by atoms with Gasteiger partial charge >= 0.3 is 0 Å². The van der Waals surface area contributed by atoms with E-state index >= 15 is 0 Å². The van der Waals surface area contributed by atoms with Gasteiger partial charge in [0.15, 0.2) is 12.6 Å². The highest BCUT2D eigenvalue weighted by Gasteiger charge is 2.43. The Labute approximate surface area is 416 Å². The minimum Gasteiger partial charge on any atom is -0.312 e. The minimum atomic E-state index is -1.92. The number of benzene rings is 8. The van der Waals surface area contributed by atoms with E-state index in [9.17, 15) is 9.59 Å². The number of carbonyl (C=O) groups is 2. The maximum absolute atomic E-state index is 12.0. The minimum absolute atomic E-state index is 0.556. The zero-order chi connectivity index (χ0) is 49.8. The summed E-state index contributed by atoms with van der Waals surface area (Å²) < 4.78 is 4.04. The van der Waals surface area contributed by atoms with E-state index in [1.807, 2.05) is 45.8 Å². The molecular formula is C64H66N2O2Si2. The molecule has 0 atom stereocenters. The second-order valence-corrected chi connectivity index (χ2v) is 32.6. The monoisotopic (exact) mass is 950 g/mol. The topological polar surface area (TPSA) is 44.0 Å². The van der Waals surface area contributed by atoms with Crippen LogP contribution in [-0.4, -0.2) is 37.9 Å². The van der Waals surface area contributed by atoms with Crippen molar-refractivity contribution >= 4 is 93.4 Å². The summed E-state index contributed by atoms with van der Waals surface area (Å²) in [6, 6.07) is 42.7. The third-order valence-corrected chi connectivity index (χ3v) is 28.7. The highest BCUT2D eigenvalue weighted by atomic mass is 28.3. The van der Waals surface area contributed by atoms with Crippen molar-refractivity contribution in [3.63, 3.8) is 0 Å². The molecule has 0 N–H and O–H groups in total. The Kier molecular flexibility index (Phi) is 13.0. The molecule has 10 aromatic rings. The van der Waals surface area contributed by atoms with Crippen LogP contribution in [0.3, 0.4) is 0 Å². The number of hydrogen-bond acceptors (Lipinski definition) is 2. The van der Waals surface area contributed by atoms with Crippen molar-refractivity contribution in [1.29, 1.82) is 0 Å². The van der Waals surface area contributed by atoms with Crippen molar-refractivity contribution in [2.45, 2.75) is 116 Å². The van der Waals surface area contributed by atoms with Crippen molar-refractivity contribution < 1.29 is 9.59 Å². The molecule has 0 aliphatic rings. The summed E-state index contributed by atoms with van der Waals surface area (Å²) in [6.45, 7) is 28.2. The zero-order valence-corrected chi connectivity index (χ0v) is 45.0. The van der Waals surface area contributed by atoms with Crippen LogP contribution in [0, 0.1) is 22.9 Å². The molecule has 0 saturated carbocycles. The van der Waals surface area contributed by atoms with E-state index in [-0.39, 0.29) is 0 Å². The molecule has 0 radical (unpaired) electrons. The number of nitrogens with zero attached hydrogens (tertiary/aromatic N) is 2. The van der Waals surface area contributed by atoms with Crippen molar-refractivity contribution in [2.24, 2.45) is 0 Å². The van der Waals surface area contributed by atoms with E-state index < -0.39 is 16.1 Å². The predicted molar refractivity (Wildman–Crippen MR) is 306 cm³/mol. The maximum Gasteiger partial charge on any atom is 0.166 e. The van der Waals surface area contributed by atoms with Crippen LogP contribution < -0.4 is 0 Å². The van der Waals surface area contributed by atoms with Crippen molar-refractivity contribution in [3.8, 4) is 34.3 Å². The second kappa shape index (κ2) is 18.9. The summed E-state index contributed by atoms with van der Waals surface area (Å²) in [5.41, 5.74) is 16.5. The molecule has 0 saturated heterocycles. The zero-order valence-electron chi connectivity index (χ0n) is 43.0. The Balaban J connectivity index is 0.000000174. The molecule has 0 unspecified atom stereocenters. The Morgan fingerprint density at radius 2 is 0.700 bits per heavy atom. The third-order valence-electron chi connectivity index (χ3n) is 16.1. The molecule has 0 amide bonds. The van der Waals surface area contributed by atoms with Gasteiger partial charge in [-0.05, 0) is 124 Å². The fourth-order valence-corrected chi connectivity index (χ4v) is 23.3. The molecule has 0 aliphatic carbocycles. The largest absolute Gasteiger partial charge is 0.312 e. The molecule has 0 fully saturated rings. The van der Waals surface area contributed by atoms with Crippen LogP contribution >= 0.6 is 0 Å². The van der Waals surface area contributed by atoms with Crippen LogP contribution in [0.25, 0.3) is 76.0 Å². The molecule has 4 nitrogen and oxygen atoms in total. The maximum atomic E-state index is 12.0. The first kappa shape index (κ1) is 48.3. The highest BCUT2D eigenvalue weighted by Crippen LogP contribution is 2.45. The van der Waals surface area contributed by atoms with Crippen LogP contribution in [0.15, 0.2) is 134 Å². The normalized spacial score (nSPS) is 12.4. The Morgan fingerprint density at radius 3 is 1.01 bits per heavy atom. The van der Waals surface area contributed by atoms with Gasteiger partial charge in [0.1, 0.15) is 16.1 Å². The van der Waals surface area contributed by atoms with Crippen molar-refractivity contribution in [3.05, 3.63) is 156 Å². The van der Waals surface area contributed by atoms with E-state index in [1.165, 1.54) is 53.9 Å². The van der Waals surface area contributed by atoms with E-state index in [1.54, 1.807) is 0 Å². The first-order chi connectivity index (χ1) is 33.6. The van der Waals surface area contributed by atoms with E-state index in [2.05, 4.69) is 203 Å². The standard InChI is InChI=1S/2C32H33NOSi/c2*1-21(2)35(22(3)4,23(5)6)18-16-27-19-26-13-12-24-9-7-10-25-14-15-29(31(26)30(24)25)32(27)33-17-8-11-28(33)20-34/h2*7-15,17,19-23H,1-6H3. The molecular weight excluding hydrogens is 885 g/mol. The predicted octanol–water partition coefficient (Wildman–Crippen LogP) is 17.5. The number of rotatable bonds is 10. The first-order valence-electron chi connectivity index (χ1n) is 25.3. The Bertz CT molecular complexity index is 3390. The summed E-state index contributed by atoms with van der Waals surface area (Å²) in [4.78, 5) is 24.0. The Hall–Kier alpha value is -6.71. The quantitative estimate of drug-likeness (QED) is 0.0593. The van der Waals surface area contributed by atoms with Crippen LogP contribution in [0.5, 0.6) is 0 Å². The van der Waals surface area contributed by atoms with Crippen molar-refractivity contribution in [2.75, 3.05) is 0 Å². The fraction of sp³-hybridized carbons (Fsp3) is 0.281. The summed E-state index contributed by atoms with van der Waals surface area (Å²) in [5, 5.41) is 14.7. The Morgan fingerprint density at radius 1 is 0.386 bits per heavy atom. The van der Waals surface area contributed by atoms with Crippen molar-refractivity contribution in [1.82, 2.24) is 9.13 Å². The van der Waals surface area contributed by atoms with Gasteiger partial charge < -0.3 is 9.13 Å². The van der Waals surface area contributed by atoms with Crippen LogP contribution in [0.1, 0.15) is 115 Å².